The smallest absolute Gasteiger partial charge is 0.247 e. The summed E-state index contributed by atoms with van der Waals surface area (Å²) in [5, 5.41) is 3.73. The zero-order valence-corrected chi connectivity index (χ0v) is 14.0. The monoisotopic (exact) mass is 312 g/mol. The zero-order chi connectivity index (χ0) is 17.3. The van der Waals surface area contributed by atoms with Crippen LogP contribution < -0.4 is 5.32 Å². The molecule has 0 radical (unpaired) electrons. The molecule has 0 bridgehead atoms. The first-order valence-electron chi connectivity index (χ1n) is 7.96. The van der Waals surface area contributed by atoms with Gasteiger partial charge in [0.05, 0.1) is 5.54 Å². The van der Waals surface area contributed by atoms with Crippen LogP contribution in [0.3, 0.4) is 0 Å². The Balaban J connectivity index is 3.47. The van der Waals surface area contributed by atoms with Crippen molar-refractivity contribution in [3.05, 3.63) is 63.3 Å². The molecule has 23 heavy (non-hydrogen) atoms. The summed E-state index contributed by atoms with van der Waals surface area (Å²) in [5.74, 6) is -0.118. The van der Waals surface area contributed by atoms with E-state index in [1.807, 2.05) is 24.3 Å². The third-order valence-electron chi connectivity index (χ3n) is 4.20. The fourth-order valence-electron chi connectivity index (χ4n) is 3.38. The molecule has 0 saturated carbocycles. The number of aliphatic imine (C=N–C) groups is 1. The fourth-order valence-corrected chi connectivity index (χ4v) is 3.38. The minimum absolute atomic E-state index is 0.118. The van der Waals surface area contributed by atoms with E-state index in [0.717, 1.165) is 5.71 Å². The number of allylic oxidation sites excluding steroid dienone is 1. The lowest BCUT2D eigenvalue weighted by Gasteiger charge is -2.43. The van der Waals surface area contributed by atoms with Gasteiger partial charge in [0.2, 0.25) is 5.91 Å². The van der Waals surface area contributed by atoms with Crippen molar-refractivity contribution in [3.8, 4) is 0 Å². The number of rotatable bonds is 10. The molecule has 0 aliphatic carbocycles. The quantitative estimate of drug-likeness (QED) is 0.611. The van der Waals surface area contributed by atoms with E-state index in [9.17, 15) is 4.79 Å². The molecule has 1 amide bonds. The Morgan fingerprint density at radius 2 is 1.43 bits per heavy atom. The van der Waals surface area contributed by atoms with Crippen LogP contribution in [0.4, 0.5) is 0 Å². The molecule has 0 aromatic heterocycles. The number of nitrogens with one attached hydrogen (secondary N) is 1. The topological polar surface area (TPSA) is 41.5 Å². The van der Waals surface area contributed by atoms with Crippen molar-refractivity contribution < 1.29 is 4.79 Å². The van der Waals surface area contributed by atoms with E-state index in [0.29, 0.717) is 38.5 Å². The highest BCUT2D eigenvalue weighted by Gasteiger charge is 2.44. The number of amides is 1. The fraction of sp³-hybridized carbons (Fsp3) is 0.400. The SMILES string of the molecule is C=CCC1=NC(=O)CC(CC=C)(CC=C)NC1(CC=C)CC=C. The van der Waals surface area contributed by atoms with Crippen LogP contribution >= 0.6 is 0 Å². The van der Waals surface area contributed by atoms with Crippen LogP contribution in [0.5, 0.6) is 0 Å². The van der Waals surface area contributed by atoms with Crippen molar-refractivity contribution in [2.75, 3.05) is 0 Å². The van der Waals surface area contributed by atoms with Crippen LogP contribution in [0.1, 0.15) is 38.5 Å². The van der Waals surface area contributed by atoms with Gasteiger partial charge in [-0.05, 0) is 25.7 Å². The first kappa shape index (κ1) is 19.0. The van der Waals surface area contributed by atoms with Gasteiger partial charge in [0.15, 0.2) is 0 Å². The van der Waals surface area contributed by atoms with E-state index in [1.165, 1.54) is 0 Å². The number of hydrogen-bond acceptors (Lipinski definition) is 2. The van der Waals surface area contributed by atoms with E-state index in [4.69, 9.17) is 0 Å². The van der Waals surface area contributed by atoms with Gasteiger partial charge in [-0.25, -0.2) is 4.99 Å². The van der Waals surface area contributed by atoms with Gasteiger partial charge in [0.1, 0.15) is 0 Å². The Hall–Kier alpha value is -2.00. The Morgan fingerprint density at radius 3 is 1.87 bits per heavy atom. The van der Waals surface area contributed by atoms with E-state index < -0.39 is 11.1 Å². The summed E-state index contributed by atoms with van der Waals surface area (Å²) in [6, 6.07) is 0. The highest BCUT2D eigenvalue weighted by Crippen LogP contribution is 2.33. The highest BCUT2D eigenvalue weighted by molar-refractivity contribution is 6.03. The summed E-state index contributed by atoms with van der Waals surface area (Å²) in [6.45, 7) is 19.3. The molecule has 0 aromatic carbocycles. The molecule has 0 unspecified atom stereocenters. The van der Waals surface area contributed by atoms with Crippen LogP contribution in [0, 0.1) is 0 Å². The van der Waals surface area contributed by atoms with Gasteiger partial charge < -0.3 is 0 Å². The second kappa shape index (κ2) is 8.59. The van der Waals surface area contributed by atoms with Crippen molar-refractivity contribution in [1.29, 1.82) is 0 Å². The molecule has 1 aliphatic rings. The minimum atomic E-state index is -0.476. The van der Waals surface area contributed by atoms with Gasteiger partial charge in [0, 0.05) is 24.1 Å². The lowest BCUT2D eigenvalue weighted by molar-refractivity contribution is -0.119. The Kier molecular flexibility index (Phi) is 7.11. The predicted octanol–water partition coefficient (Wildman–Crippen LogP) is 4.31. The number of hydrogen-bond donors (Lipinski definition) is 1. The van der Waals surface area contributed by atoms with Crippen molar-refractivity contribution >= 4 is 11.6 Å². The van der Waals surface area contributed by atoms with Crippen molar-refractivity contribution in [1.82, 2.24) is 5.32 Å². The molecule has 3 heteroatoms. The first-order valence-corrected chi connectivity index (χ1v) is 7.96. The van der Waals surface area contributed by atoms with E-state index in [1.54, 1.807) is 6.08 Å². The van der Waals surface area contributed by atoms with Crippen LogP contribution in [-0.4, -0.2) is 22.7 Å². The predicted molar refractivity (Wildman–Crippen MR) is 99.7 cm³/mol. The summed E-state index contributed by atoms with van der Waals surface area (Å²) in [7, 11) is 0. The molecule has 124 valence electrons. The third-order valence-corrected chi connectivity index (χ3v) is 4.20. The Labute approximate surface area is 140 Å². The number of carbonyl (C=O) groups is 1. The first-order chi connectivity index (χ1) is 11.0. The molecule has 0 atom stereocenters. The van der Waals surface area contributed by atoms with Gasteiger partial charge in [-0.1, -0.05) is 30.4 Å². The Morgan fingerprint density at radius 1 is 0.913 bits per heavy atom. The second-order valence-electron chi connectivity index (χ2n) is 6.08. The van der Waals surface area contributed by atoms with Gasteiger partial charge in [-0.3, -0.25) is 10.1 Å². The molecule has 0 saturated heterocycles. The molecule has 1 rings (SSSR count). The van der Waals surface area contributed by atoms with Gasteiger partial charge >= 0.3 is 0 Å². The molecule has 0 spiro atoms. The van der Waals surface area contributed by atoms with E-state index in [2.05, 4.69) is 43.2 Å². The van der Waals surface area contributed by atoms with Crippen molar-refractivity contribution in [2.24, 2.45) is 4.99 Å². The lowest BCUT2D eigenvalue weighted by atomic mass is 9.79. The maximum absolute atomic E-state index is 12.4. The second-order valence-corrected chi connectivity index (χ2v) is 6.08. The molecule has 1 N–H and O–H groups in total. The average molecular weight is 312 g/mol. The molecular formula is C20H28N2O. The molecule has 3 nitrogen and oxygen atoms in total. The standard InChI is InChI=1S/C20H28N2O/c1-6-11-17-20(14-9-4,15-10-5)22-19(12-7-2,13-8-3)16-18(23)21-17/h6-10,22H,1-5,11-16H2. The van der Waals surface area contributed by atoms with Crippen LogP contribution in [0.25, 0.3) is 0 Å². The Bertz CT molecular complexity index is 508. The zero-order valence-electron chi connectivity index (χ0n) is 14.0. The lowest BCUT2D eigenvalue weighted by Crippen LogP contribution is -2.60. The van der Waals surface area contributed by atoms with Crippen LogP contribution in [0.15, 0.2) is 68.3 Å². The maximum Gasteiger partial charge on any atom is 0.247 e. The van der Waals surface area contributed by atoms with Gasteiger partial charge in [0.25, 0.3) is 0 Å². The minimum Gasteiger partial charge on any atom is -0.299 e. The van der Waals surface area contributed by atoms with Crippen LogP contribution in [0.2, 0.25) is 0 Å². The molecule has 0 aromatic rings. The molecule has 1 aliphatic heterocycles. The maximum atomic E-state index is 12.4. The van der Waals surface area contributed by atoms with Crippen molar-refractivity contribution in [2.45, 2.75) is 49.6 Å². The number of carbonyl (C=O) groups excluding carboxylic acids is 1. The normalized spacial score (nSPS) is 19.1. The molecular weight excluding hydrogens is 284 g/mol. The third kappa shape index (κ3) is 4.49. The largest absolute Gasteiger partial charge is 0.299 e. The summed E-state index contributed by atoms with van der Waals surface area (Å²) in [6.07, 6.45) is 12.7. The summed E-state index contributed by atoms with van der Waals surface area (Å²) < 4.78 is 0. The van der Waals surface area contributed by atoms with Gasteiger partial charge in [-0.2, -0.15) is 0 Å². The highest BCUT2D eigenvalue weighted by atomic mass is 16.1. The average Bonchev–Trinajstić information content (AvgIpc) is 2.57. The van der Waals surface area contributed by atoms with E-state index in [-0.39, 0.29) is 5.91 Å². The summed E-state index contributed by atoms with van der Waals surface area (Å²) in [4.78, 5) is 16.8. The van der Waals surface area contributed by atoms with Crippen LogP contribution in [-0.2, 0) is 4.79 Å². The molecule has 0 fully saturated rings. The molecule has 1 heterocycles. The number of nitrogens with zero attached hydrogens (tertiary/aromatic N) is 1. The summed E-state index contributed by atoms with van der Waals surface area (Å²) in [5.41, 5.74) is -0.109. The van der Waals surface area contributed by atoms with Gasteiger partial charge in [-0.15, -0.1) is 32.9 Å². The van der Waals surface area contributed by atoms with E-state index >= 15 is 0 Å². The van der Waals surface area contributed by atoms with Crippen molar-refractivity contribution in [3.63, 3.8) is 0 Å². The summed E-state index contributed by atoms with van der Waals surface area (Å²) >= 11 is 0.